The highest BCUT2D eigenvalue weighted by Gasteiger charge is 2.11. The molecule has 1 unspecified atom stereocenters. The molecule has 6 heteroatoms. The number of hydrogen-bond acceptors (Lipinski definition) is 5. The molecule has 2 N–H and O–H groups in total. The van der Waals surface area contributed by atoms with Crippen molar-refractivity contribution < 1.29 is 4.39 Å². The van der Waals surface area contributed by atoms with Crippen LogP contribution in [-0.4, -0.2) is 9.97 Å². The molecule has 1 aromatic carbocycles. The van der Waals surface area contributed by atoms with Crippen LogP contribution in [0.1, 0.15) is 23.3 Å². The number of nitrogens with zero attached hydrogens (tertiary/aromatic N) is 3. The molecule has 4 nitrogen and oxygen atoms in total. The Morgan fingerprint density at radius 1 is 1.37 bits per heavy atom. The molecule has 0 aliphatic carbocycles. The molecule has 0 aliphatic heterocycles. The molecule has 0 amide bonds. The summed E-state index contributed by atoms with van der Waals surface area (Å²) < 4.78 is 12.8. The lowest BCUT2D eigenvalue weighted by Gasteiger charge is -2.10. The van der Waals surface area contributed by atoms with Crippen LogP contribution in [0, 0.1) is 17.1 Å². The van der Waals surface area contributed by atoms with Crippen LogP contribution < -0.4 is 5.73 Å². The molecule has 0 saturated heterocycles. The number of nitrogens with two attached hydrogens (primary N) is 1. The highest BCUT2D eigenvalue weighted by Crippen LogP contribution is 2.33. The zero-order chi connectivity index (χ0) is 13.8. The van der Waals surface area contributed by atoms with Crippen LogP contribution in [0.2, 0.25) is 0 Å². The molecule has 1 atom stereocenters. The summed E-state index contributed by atoms with van der Waals surface area (Å²) in [7, 11) is 0. The van der Waals surface area contributed by atoms with Crippen molar-refractivity contribution in [2.45, 2.75) is 17.3 Å². The Labute approximate surface area is 114 Å². The lowest BCUT2D eigenvalue weighted by molar-refractivity contribution is 0.627. The summed E-state index contributed by atoms with van der Waals surface area (Å²) in [4.78, 5) is 8.13. The molecule has 0 aliphatic rings. The van der Waals surface area contributed by atoms with Gasteiger partial charge < -0.3 is 5.73 Å². The maximum absolute atomic E-state index is 12.8. The summed E-state index contributed by atoms with van der Waals surface area (Å²) in [5.74, 6) is -0.0916. The van der Waals surface area contributed by atoms with Crippen molar-refractivity contribution in [3.05, 3.63) is 47.4 Å². The van der Waals surface area contributed by atoms with Gasteiger partial charge in [0.15, 0.2) is 5.16 Å². The Balaban J connectivity index is 2.15. The van der Waals surface area contributed by atoms with E-state index in [1.54, 1.807) is 12.1 Å². The predicted molar refractivity (Wildman–Crippen MR) is 71.8 cm³/mol. The first-order valence-electron chi connectivity index (χ1n) is 5.55. The minimum atomic E-state index is -0.264. The Morgan fingerprint density at radius 3 is 2.63 bits per heavy atom. The van der Waals surface area contributed by atoms with Crippen molar-refractivity contribution in [3.8, 4) is 6.07 Å². The molecule has 0 radical (unpaired) electrons. The van der Waals surface area contributed by atoms with Gasteiger partial charge in [0.05, 0.1) is 6.20 Å². The minimum absolute atomic E-state index is 0.0629. The quantitative estimate of drug-likeness (QED) is 0.688. The molecule has 2 rings (SSSR count). The molecule has 0 fully saturated rings. The minimum Gasteiger partial charge on any atom is -0.382 e. The van der Waals surface area contributed by atoms with Gasteiger partial charge in [-0.15, -0.1) is 0 Å². The van der Waals surface area contributed by atoms with Gasteiger partial charge in [0.1, 0.15) is 23.3 Å². The Morgan fingerprint density at radius 2 is 2.05 bits per heavy atom. The SMILES string of the molecule is CC(Sc1ncc(C#N)c(N)n1)c1ccc(F)cc1. The van der Waals surface area contributed by atoms with E-state index in [0.29, 0.717) is 5.16 Å². The van der Waals surface area contributed by atoms with E-state index in [-0.39, 0.29) is 22.4 Å². The van der Waals surface area contributed by atoms with E-state index in [1.165, 1.54) is 30.1 Å². The number of nitrogen functional groups attached to an aromatic ring is 1. The summed E-state index contributed by atoms with van der Waals surface area (Å²) in [6, 6.07) is 8.19. The van der Waals surface area contributed by atoms with Crippen molar-refractivity contribution in [2.75, 3.05) is 5.73 Å². The van der Waals surface area contributed by atoms with Gasteiger partial charge in [-0.2, -0.15) is 5.26 Å². The fraction of sp³-hybridized carbons (Fsp3) is 0.154. The van der Waals surface area contributed by atoms with E-state index < -0.39 is 0 Å². The second-order valence-electron chi connectivity index (χ2n) is 3.87. The van der Waals surface area contributed by atoms with E-state index in [0.717, 1.165) is 5.56 Å². The molecule has 19 heavy (non-hydrogen) atoms. The van der Waals surface area contributed by atoms with Crippen LogP contribution >= 0.6 is 11.8 Å². The standard InChI is InChI=1S/C13H11FN4S/c1-8(9-2-4-11(14)5-3-9)19-13-17-7-10(6-15)12(16)18-13/h2-5,7-8H,1H3,(H2,16,17,18). The van der Waals surface area contributed by atoms with Gasteiger partial charge in [-0.25, -0.2) is 14.4 Å². The van der Waals surface area contributed by atoms with Crippen molar-refractivity contribution >= 4 is 17.6 Å². The average molecular weight is 274 g/mol. The third-order valence-corrected chi connectivity index (χ3v) is 3.57. The summed E-state index contributed by atoms with van der Waals surface area (Å²) in [5.41, 5.74) is 6.86. The zero-order valence-electron chi connectivity index (χ0n) is 10.2. The highest BCUT2D eigenvalue weighted by atomic mass is 32.2. The smallest absolute Gasteiger partial charge is 0.190 e. The first-order chi connectivity index (χ1) is 9.10. The maximum Gasteiger partial charge on any atom is 0.190 e. The molecule has 1 heterocycles. The molecule has 0 saturated carbocycles. The number of nitriles is 1. The monoisotopic (exact) mass is 274 g/mol. The molecule has 96 valence electrons. The van der Waals surface area contributed by atoms with Crippen molar-refractivity contribution in [1.82, 2.24) is 9.97 Å². The van der Waals surface area contributed by atoms with E-state index >= 15 is 0 Å². The third-order valence-electron chi connectivity index (χ3n) is 2.54. The Hall–Kier alpha value is -2.13. The van der Waals surface area contributed by atoms with Crippen LogP contribution in [0.4, 0.5) is 10.2 Å². The number of hydrogen-bond donors (Lipinski definition) is 1. The van der Waals surface area contributed by atoms with Gasteiger partial charge in [-0.05, 0) is 24.6 Å². The predicted octanol–water partition coefficient (Wildman–Crippen LogP) is 2.92. The van der Waals surface area contributed by atoms with E-state index in [1.807, 2.05) is 13.0 Å². The average Bonchev–Trinajstić information content (AvgIpc) is 2.39. The summed E-state index contributed by atoms with van der Waals surface area (Å²) >= 11 is 1.40. The Kier molecular flexibility index (Phi) is 3.97. The summed E-state index contributed by atoms with van der Waals surface area (Å²) in [6.07, 6.45) is 1.40. The fourth-order valence-electron chi connectivity index (χ4n) is 1.48. The van der Waals surface area contributed by atoms with E-state index in [4.69, 9.17) is 11.0 Å². The van der Waals surface area contributed by atoms with Crippen LogP contribution in [0.15, 0.2) is 35.6 Å². The largest absolute Gasteiger partial charge is 0.382 e. The molecule has 2 aromatic rings. The number of benzene rings is 1. The van der Waals surface area contributed by atoms with Crippen LogP contribution in [0.5, 0.6) is 0 Å². The third kappa shape index (κ3) is 3.20. The summed E-state index contributed by atoms with van der Waals surface area (Å²) in [6.45, 7) is 1.97. The van der Waals surface area contributed by atoms with E-state index in [9.17, 15) is 4.39 Å². The van der Waals surface area contributed by atoms with Crippen LogP contribution in [-0.2, 0) is 0 Å². The number of rotatable bonds is 3. The van der Waals surface area contributed by atoms with Gasteiger partial charge in [0, 0.05) is 5.25 Å². The van der Waals surface area contributed by atoms with Crippen LogP contribution in [0.3, 0.4) is 0 Å². The van der Waals surface area contributed by atoms with Crippen LogP contribution in [0.25, 0.3) is 0 Å². The molecular formula is C13H11FN4S. The zero-order valence-corrected chi connectivity index (χ0v) is 11.0. The molecule has 0 bridgehead atoms. The maximum atomic E-state index is 12.8. The molecule has 0 spiro atoms. The summed E-state index contributed by atoms with van der Waals surface area (Å²) in [5, 5.41) is 9.30. The second-order valence-corrected chi connectivity index (χ2v) is 5.18. The molecule has 1 aromatic heterocycles. The Bertz CT molecular complexity index is 622. The van der Waals surface area contributed by atoms with Crippen molar-refractivity contribution in [3.63, 3.8) is 0 Å². The highest BCUT2D eigenvalue weighted by molar-refractivity contribution is 7.99. The van der Waals surface area contributed by atoms with Crippen molar-refractivity contribution in [1.29, 1.82) is 5.26 Å². The second kappa shape index (κ2) is 5.67. The lowest BCUT2D eigenvalue weighted by Crippen LogP contribution is -1.99. The van der Waals surface area contributed by atoms with Gasteiger partial charge >= 0.3 is 0 Å². The fourth-order valence-corrected chi connectivity index (χ4v) is 2.35. The first-order valence-corrected chi connectivity index (χ1v) is 6.43. The number of halogens is 1. The van der Waals surface area contributed by atoms with Gasteiger partial charge in [0.2, 0.25) is 0 Å². The van der Waals surface area contributed by atoms with Gasteiger partial charge in [-0.3, -0.25) is 0 Å². The number of anilines is 1. The topological polar surface area (TPSA) is 75.6 Å². The lowest BCUT2D eigenvalue weighted by atomic mass is 10.2. The first kappa shape index (κ1) is 13.3. The van der Waals surface area contributed by atoms with Crippen molar-refractivity contribution in [2.24, 2.45) is 0 Å². The molecular weight excluding hydrogens is 263 g/mol. The van der Waals surface area contributed by atoms with Gasteiger partial charge in [0.25, 0.3) is 0 Å². The number of aromatic nitrogens is 2. The normalized spacial score (nSPS) is 11.8. The number of thioether (sulfide) groups is 1. The van der Waals surface area contributed by atoms with E-state index in [2.05, 4.69) is 9.97 Å². The van der Waals surface area contributed by atoms with Gasteiger partial charge in [-0.1, -0.05) is 23.9 Å².